The van der Waals surface area contributed by atoms with Gasteiger partial charge in [-0.3, -0.25) is 4.90 Å². The van der Waals surface area contributed by atoms with Gasteiger partial charge in [-0.1, -0.05) is 25.3 Å². The van der Waals surface area contributed by atoms with Crippen LogP contribution in [-0.2, 0) is 13.6 Å². The van der Waals surface area contributed by atoms with Crippen molar-refractivity contribution < 1.29 is 0 Å². The fourth-order valence-corrected chi connectivity index (χ4v) is 4.16. The van der Waals surface area contributed by atoms with Crippen LogP contribution >= 0.6 is 24.0 Å². The lowest BCUT2D eigenvalue weighted by Gasteiger charge is -2.40. The molecule has 0 radical (unpaired) electrons. The van der Waals surface area contributed by atoms with Gasteiger partial charge >= 0.3 is 0 Å². The van der Waals surface area contributed by atoms with E-state index in [4.69, 9.17) is 4.99 Å². The van der Waals surface area contributed by atoms with Crippen molar-refractivity contribution in [1.82, 2.24) is 30.3 Å². The summed E-state index contributed by atoms with van der Waals surface area (Å²) in [5.41, 5.74) is 0. The maximum atomic E-state index is 4.74. The fourth-order valence-electron chi connectivity index (χ4n) is 4.16. The first-order valence-electron chi connectivity index (χ1n) is 10.4. The van der Waals surface area contributed by atoms with E-state index in [2.05, 4.69) is 32.3 Å². The number of nitrogens with zero attached hydrogens (tertiary/aromatic N) is 5. The summed E-state index contributed by atoms with van der Waals surface area (Å²) in [7, 11) is 1.98. The third-order valence-corrected chi connectivity index (χ3v) is 5.86. The van der Waals surface area contributed by atoms with Crippen LogP contribution in [0.15, 0.2) is 17.6 Å². The molecule has 2 fully saturated rings. The number of hydrogen-bond donors (Lipinski definition) is 2. The number of aliphatic imine (C=N–C) groups is 1. The molecule has 0 bridgehead atoms. The van der Waals surface area contributed by atoms with Gasteiger partial charge < -0.3 is 15.2 Å². The van der Waals surface area contributed by atoms with Gasteiger partial charge in [-0.15, -0.1) is 40.8 Å². The van der Waals surface area contributed by atoms with Crippen molar-refractivity contribution in [2.75, 3.05) is 19.6 Å². The molecule has 1 saturated heterocycles. The lowest BCUT2D eigenvalue weighted by Crippen LogP contribution is -2.53. The van der Waals surface area contributed by atoms with Gasteiger partial charge in [-0.2, -0.15) is 0 Å². The van der Waals surface area contributed by atoms with Gasteiger partial charge in [-0.05, 0) is 39.2 Å². The van der Waals surface area contributed by atoms with Crippen LogP contribution in [0.2, 0.25) is 0 Å². The highest BCUT2D eigenvalue weighted by Gasteiger charge is 2.27. The molecule has 1 atom stereocenters. The molecule has 28 heavy (non-hydrogen) atoms. The van der Waals surface area contributed by atoms with E-state index >= 15 is 0 Å². The van der Waals surface area contributed by atoms with E-state index in [0.717, 1.165) is 30.2 Å². The highest BCUT2D eigenvalue weighted by molar-refractivity contribution is 14.0. The van der Waals surface area contributed by atoms with Crippen LogP contribution in [0, 0.1) is 6.92 Å². The minimum atomic E-state index is 0. The molecule has 2 heterocycles. The second-order valence-corrected chi connectivity index (χ2v) is 7.83. The normalized spacial score (nSPS) is 21.8. The molecule has 1 aromatic rings. The summed E-state index contributed by atoms with van der Waals surface area (Å²) >= 11 is 0. The summed E-state index contributed by atoms with van der Waals surface area (Å²) < 4.78 is 1.99. The van der Waals surface area contributed by atoms with Gasteiger partial charge in [0.1, 0.15) is 12.4 Å². The Morgan fingerprint density at radius 2 is 2.00 bits per heavy atom. The number of halogens is 1. The Morgan fingerprint density at radius 1 is 1.21 bits per heavy atom. The Labute approximate surface area is 186 Å². The summed E-state index contributed by atoms with van der Waals surface area (Å²) in [6, 6.07) is 1.23. The van der Waals surface area contributed by atoms with E-state index in [1.54, 1.807) is 0 Å². The number of aromatic nitrogens is 3. The average molecular weight is 501 g/mol. The third-order valence-electron chi connectivity index (χ3n) is 5.86. The standard InChI is InChI=1S/C20H35N7.HI/c1-4-12-21-20(22-14-19-25-24-16(2)26(19)3)23-17-9-8-13-27(15-17)18-10-6-5-7-11-18;/h4,17-18H,1,5-15H2,2-3H3,(H2,21,22,23);1H. The van der Waals surface area contributed by atoms with Gasteiger partial charge in [-0.25, -0.2) is 4.99 Å². The minimum absolute atomic E-state index is 0. The molecule has 1 aliphatic heterocycles. The maximum Gasteiger partial charge on any atom is 0.192 e. The smallest absolute Gasteiger partial charge is 0.192 e. The Balaban J connectivity index is 0.00000280. The highest BCUT2D eigenvalue weighted by Crippen LogP contribution is 2.25. The zero-order chi connectivity index (χ0) is 19.1. The summed E-state index contributed by atoms with van der Waals surface area (Å²) in [4.78, 5) is 7.45. The molecule has 1 saturated carbocycles. The van der Waals surface area contributed by atoms with Crippen LogP contribution in [0.1, 0.15) is 56.6 Å². The number of piperidine rings is 1. The SMILES string of the molecule is C=CCNC(=NCc1nnc(C)n1C)NC1CCCN(C2CCCCC2)C1.I. The summed E-state index contributed by atoms with van der Waals surface area (Å²) in [5.74, 6) is 2.62. The molecule has 8 heteroatoms. The predicted molar refractivity (Wildman–Crippen MR) is 125 cm³/mol. The molecule has 1 aromatic heterocycles. The van der Waals surface area contributed by atoms with Crippen molar-refractivity contribution in [3.63, 3.8) is 0 Å². The van der Waals surface area contributed by atoms with Gasteiger partial charge in [0.15, 0.2) is 11.8 Å². The zero-order valence-corrected chi connectivity index (χ0v) is 19.7. The number of likely N-dealkylation sites (tertiary alicyclic amines) is 1. The Bertz CT molecular complexity index is 636. The van der Waals surface area contributed by atoms with Crippen molar-refractivity contribution in [3.8, 4) is 0 Å². The van der Waals surface area contributed by atoms with Crippen LogP contribution in [0.25, 0.3) is 0 Å². The van der Waals surface area contributed by atoms with Crippen molar-refractivity contribution in [3.05, 3.63) is 24.3 Å². The fraction of sp³-hybridized carbons (Fsp3) is 0.750. The highest BCUT2D eigenvalue weighted by atomic mass is 127. The average Bonchev–Trinajstić information content (AvgIpc) is 3.03. The van der Waals surface area contributed by atoms with Crippen LogP contribution in [0.4, 0.5) is 0 Å². The summed E-state index contributed by atoms with van der Waals surface area (Å²) in [6.07, 6.45) is 11.2. The van der Waals surface area contributed by atoms with E-state index in [9.17, 15) is 0 Å². The molecule has 0 spiro atoms. The first kappa shape index (κ1) is 23.1. The second kappa shape index (κ2) is 11.7. The molecule has 1 aliphatic carbocycles. The van der Waals surface area contributed by atoms with E-state index in [0.29, 0.717) is 19.1 Å². The molecule has 2 N–H and O–H groups in total. The summed E-state index contributed by atoms with van der Waals surface area (Å²) in [6.45, 7) is 9.34. The first-order chi connectivity index (χ1) is 13.2. The van der Waals surface area contributed by atoms with Crippen LogP contribution in [0.3, 0.4) is 0 Å². The predicted octanol–water partition coefficient (Wildman–Crippen LogP) is 2.76. The van der Waals surface area contributed by atoms with Gasteiger partial charge in [0.2, 0.25) is 0 Å². The molecule has 0 aromatic carbocycles. The summed E-state index contributed by atoms with van der Waals surface area (Å²) in [5, 5.41) is 15.3. The van der Waals surface area contributed by atoms with E-state index in [1.165, 1.54) is 51.5 Å². The number of hydrogen-bond acceptors (Lipinski definition) is 4. The molecule has 2 aliphatic rings. The van der Waals surface area contributed by atoms with Crippen LogP contribution in [-0.4, -0.2) is 57.3 Å². The van der Waals surface area contributed by atoms with E-state index in [-0.39, 0.29) is 24.0 Å². The van der Waals surface area contributed by atoms with E-state index in [1.807, 2.05) is 24.6 Å². The zero-order valence-electron chi connectivity index (χ0n) is 17.4. The lowest BCUT2D eigenvalue weighted by molar-refractivity contribution is 0.115. The Hall–Kier alpha value is -1.16. The molecule has 1 unspecified atom stereocenters. The second-order valence-electron chi connectivity index (χ2n) is 7.83. The molecular weight excluding hydrogens is 465 g/mol. The molecule has 3 rings (SSSR count). The monoisotopic (exact) mass is 501 g/mol. The van der Waals surface area contributed by atoms with Crippen molar-refractivity contribution >= 4 is 29.9 Å². The number of aryl methyl sites for hydroxylation is 1. The first-order valence-corrected chi connectivity index (χ1v) is 10.4. The molecule has 7 nitrogen and oxygen atoms in total. The van der Waals surface area contributed by atoms with Gasteiger partial charge in [0, 0.05) is 32.2 Å². The van der Waals surface area contributed by atoms with Crippen molar-refractivity contribution in [1.29, 1.82) is 0 Å². The van der Waals surface area contributed by atoms with E-state index < -0.39 is 0 Å². The minimum Gasteiger partial charge on any atom is -0.353 e. The van der Waals surface area contributed by atoms with Crippen molar-refractivity contribution in [2.45, 2.75) is 70.5 Å². The number of nitrogens with one attached hydrogen (secondary N) is 2. The Kier molecular flexibility index (Phi) is 9.70. The quantitative estimate of drug-likeness (QED) is 0.272. The van der Waals surface area contributed by atoms with Crippen LogP contribution in [0.5, 0.6) is 0 Å². The van der Waals surface area contributed by atoms with Gasteiger partial charge in [0.05, 0.1) is 0 Å². The van der Waals surface area contributed by atoms with Gasteiger partial charge in [0.25, 0.3) is 0 Å². The molecule has 0 amide bonds. The molecule has 158 valence electrons. The van der Waals surface area contributed by atoms with Crippen molar-refractivity contribution in [2.24, 2.45) is 12.0 Å². The molecular formula is C20H36IN7. The Morgan fingerprint density at radius 3 is 2.68 bits per heavy atom. The largest absolute Gasteiger partial charge is 0.353 e. The maximum absolute atomic E-state index is 4.74. The third kappa shape index (κ3) is 6.43. The number of guanidine groups is 1. The lowest BCUT2D eigenvalue weighted by atomic mass is 9.92. The van der Waals surface area contributed by atoms with Crippen LogP contribution < -0.4 is 10.6 Å². The number of rotatable bonds is 6. The topological polar surface area (TPSA) is 70.4 Å².